The quantitative estimate of drug-likeness (QED) is 0.134. The number of hydrogen-bond donors (Lipinski definition) is 0. The Hall–Kier alpha value is -4.49. The number of methoxy groups -OCH3 is 1. The normalized spacial score (nSPS) is 11.8. The molecule has 0 saturated heterocycles. The van der Waals surface area contributed by atoms with Gasteiger partial charge in [-0.1, -0.05) is 66.7 Å². The summed E-state index contributed by atoms with van der Waals surface area (Å²) in [6, 6.07) is 29.5. The zero-order valence-corrected chi connectivity index (χ0v) is 24.5. The molecular formula is C34H34ClNO6. The van der Waals surface area contributed by atoms with Gasteiger partial charge in [0.2, 0.25) is 0 Å². The van der Waals surface area contributed by atoms with Crippen molar-refractivity contribution in [2.24, 2.45) is 4.99 Å². The maximum Gasteiger partial charge on any atom is 0.513 e. The molecule has 8 heteroatoms. The lowest BCUT2D eigenvalue weighted by Crippen LogP contribution is -2.16. The SMILES string of the molecule is CCOC(=O)Oc1cc(CC2=NCCc3cc(OC)c(OCc4ccccc4)cc32)ccc1OCc1ccccc1.Cl. The van der Waals surface area contributed by atoms with Gasteiger partial charge >= 0.3 is 6.16 Å². The third-order valence-corrected chi connectivity index (χ3v) is 6.69. The zero-order valence-electron chi connectivity index (χ0n) is 23.7. The van der Waals surface area contributed by atoms with Gasteiger partial charge in [-0.25, -0.2) is 4.79 Å². The number of hydrogen-bond acceptors (Lipinski definition) is 7. The molecule has 0 N–H and O–H groups in total. The summed E-state index contributed by atoms with van der Waals surface area (Å²) in [7, 11) is 1.65. The lowest BCUT2D eigenvalue weighted by molar-refractivity contribution is 0.102. The maximum atomic E-state index is 12.2. The largest absolute Gasteiger partial charge is 0.513 e. The van der Waals surface area contributed by atoms with Crippen LogP contribution < -0.4 is 18.9 Å². The molecule has 42 heavy (non-hydrogen) atoms. The molecule has 1 aliphatic heterocycles. The minimum absolute atomic E-state index is 0. The number of benzene rings is 4. The number of carbonyl (C=O) groups is 1. The van der Waals surface area contributed by atoms with Crippen LogP contribution in [-0.2, 0) is 30.8 Å². The molecule has 0 saturated carbocycles. The second kappa shape index (κ2) is 14.9. The van der Waals surface area contributed by atoms with E-state index in [0.29, 0.717) is 49.2 Å². The Bertz CT molecular complexity index is 1510. The summed E-state index contributed by atoms with van der Waals surface area (Å²) in [4.78, 5) is 17.1. The number of carbonyl (C=O) groups excluding carboxylic acids is 1. The summed E-state index contributed by atoms with van der Waals surface area (Å²) in [6.45, 7) is 3.40. The average molecular weight is 588 g/mol. The highest BCUT2D eigenvalue weighted by Crippen LogP contribution is 2.35. The van der Waals surface area contributed by atoms with Gasteiger partial charge in [0.1, 0.15) is 13.2 Å². The van der Waals surface area contributed by atoms with Crippen molar-refractivity contribution in [3.63, 3.8) is 0 Å². The van der Waals surface area contributed by atoms with Crippen molar-refractivity contribution < 1.29 is 28.5 Å². The number of rotatable bonds is 11. The van der Waals surface area contributed by atoms with Crippen LogP contribution in [0.4, 0.5) is 4.79 Å². The lowest BCUT2D eigenvalue weighted by Gasteiger charge is -2.21. The van der Waals surface area contributed by atoms with Crippen molar-refractivity contribution in [2.75, 3.05) is 20.3 Å². The van der Waals surface area contributed by atoms with Crippen LogP contribution in [0, 0.1) is 0 Å². The van der Waals surface area contributed by atoms with Crippen LogP contribution in [0.15, 0.2) is 96.0 Å². The van der Waals surface area contributed by atoms with Gasteiger partial charge in [0.25, 0.3) is 0 Å². The lowest BCUT2D eigenvalue weighted by atomic mass is 9.93. The molecule has 1 heterocycles. The fraction of sp³-hybridized carbons (Fsp3) is 0.235. The van der Waals surface area contributed by atoms with E-state index in [1.807, 2.05) is 91.0 Å². The minimum atomic E-state index is -0.776. The van der Waals surface area contributed by atoms with Crippen LogP contribution in [-0.4, -0.2) is 32.1 Å². The molecule has 0 aromatic heterocycles. The second-order valence-corrected chi connectivity index (χ2v) is 9.53. The van der Waals surface area contributed by atoms with Crippen molar-refractivity contribution in [3.8, 4) is 23.0 Å². The molecule has 7 nitrogen and oxygen atoms in total. The van der Waals surface area contributed by atoms with Crippen molar-refractivity contribution >= 4 is 24.3 Å². The monoisotopic (exact) mass is 587 g/mol. The molecule has 218 valence electrons. The molecule has 0 amide bonds. The highest BCUT2D eigenvalue weighted by atomic mass is 35.5. The first-order valence-corrected chi connectivity index (χ1v) is 13.7. The number of fused-ring (bicyclic) bond motifs is 1. The smallest absolute Gasteiger partial charge is 0.493 e. The molecule has 4 aromatic carbocycles. The van der Waals surface area contributed by atoms with Gasteiger partial charge in [-0.05, 0) is 59.9 Å². The molecule has 0 unspecified atom stereocenters. The Morgan fingerprint density at radius 1 is 0.762 bits per heavy atom. The first-order valence-electron chi connectivity index (χ1n) is 13.7. The number of halogens is 1. The summed E-state index contributed by atoms with van der Waals surface area (Å²) in [5.41, 5.74) is 6.11. The van der Waals surface area contributed by atoms with Crippen LogP contribution in [0.3, 0.4) is 0 Å². The predicted molar refractivity (Wildman–Crippen MR) is 165 cm³/mol. The topological polar surface area (TPSA) is 75.6 Å². The van der Waals surface area contributed by atoms with E-state index in [-0.39, 0.29) is 19.0 Å². The van der Waals surface area contributed by atoms with E-state index < -0.39 is 6.16 Å². The first-order chi connectivity index (χ1) is 20.1. The van der Waals surface area contributed by atoms with E-state index in [1.165, 1.54) is 0 Å². The van der Waals surface area contributed by atoms with Crippen molar-refractivity contribution in [1.82, 2.24) is 0 Å². The molecule has 0 bridgehead atoms. The highest BCUT2D eigenvalue weighted by Gasteiger charge is 2.21. The molecule has 5 rings (SSSR count). The van der Waals surface area contributed by atoms with Gasteiger partial charge in [-0.3, -0.25) is 4.99 Å². The van der Waals surface area contributed by atoms with E-state index >= 15 is 0 Å². The summed E-state index contributed by atoms with van der Waals surface area (Å²) in [5, 5.41) is 0. The Kier molecular flexibility index (Phi) is 10.8. The molecule has 4 aromatic rings. The van der Waals surface area contributed by atoms with E-state index in [4.69, 9.17) is 28.7 Å². The van der Waals surface area contributed by atoms with E-state index in [2.05, 4.69) is 0 Å². The Morgan fingerprint density at radius 3 is 2.07 bits per heavy atom. The van der Waals surface area contributed by atoms with Crippen LogP contribution in [0.25, 0.3) is 0 Å². The third-order valence-electron chi connectivity index (χ3n) is 6.69. The Balaban J connectivity index is 0.00000405. The van der Waals surface area contributed by atoms with E-state index in [0.717, 1.165) is 39.9 Å². The van der Waals surface area contributed by atoms with Crippen LogP contribution in [0.1, 0.15) is 34.7 Å². The Labute approximate surface area is 252 Å². The van der Waals surface area contributed by atoms with Gasteiger partial charge in [0.05, 0.1) is 13.7 Å². The summed E-state index contributed by atoms with van der Waals surface area (Å²) in [6.07, 6.45) is 0.578. The predicted octanol–water partition coefficient (Wildman–Crippen LogP) is 7.40. The Morgan fingerprint density at radius 2 is 1.43 bits per heavy atom. The van der Waals surface area contributed by atoms with E-state index in [9.17, 15) is 4.79 Å². The van der Waals surface area contributed by atoms with Gasteiger partial charge in [-0.15, -0.1) is 12.4 Å². The standard InChI is InChI=1S/C34H33NO6.ClH/c1-3-38-34(36)41-33-19-26(14-15-30(33)39-22-24-10-6-4-7-11-24)18-29-28-21-32(40-23-25-12-8-5-9-13-25)31(37-2)20-27(28)16-17-35-29;/h4-15,19-21H,3,16-18,22-23H2,1-2H3;1H. The first kappa shape index (κ1) is 30.5. The number of ether oxygens (including phenoxy) is 5. The highest BCUT2D eigenvalue weighted by molar-refractivity contribution is 6.04. The van der Waals surface area contributed by atoms with Crippen LogP contribution in [0.5, 0.6) is 23.0 Å². The molecule has 0 atom stereocenters. The van der Waals surface area contributed by atoms with Crippen LogP contribution >= 0.6 is 12.4 Å². The summed E-state index contributed by atoms with van der Waals surface area (Å²) in [5.74, 6) is 2.12. The van der Waals surface area contributed by atoms with Crippen molar-refractivity contribution in [3.05, 3.63) is 119 Å². The van der Waals surface area contributed by atoms with Gasteiger partial charge in [0, 0.05) is 24.2 Å². The molecule has 0 aliphatic carbocycles. The molecule has 0 spiro atoms. The summed E-state index contributed by atoms with van der Waals surface area (Å²) >= 11 is 0. The fourth-order valence-electron chi connectivity index (χ4n) is 4.66. The number of nitrogens with zero attached hydrogens (tertiary/aromatic N) is 1. The summed E-state index contributed by atoms with van der Waals surface area (Å²) < 4.78 is 28.4. The van der Waals surface area contributed by atoms with Crippen molar-refractivity contribution in [2.45, 2.75) is 33.0 Å². The fourth-order valence-corrected chi connectivity index (χ4v) is 4.66. The average Bonchev–Trinajstić information content (AvgIpc) is 3.00. The molecule has 1 aliphatic rings. The van der Waals surface area contributed by atoms with Gasteiger partial charge < -0.3 is 23.7 Å². The van der Waals surface area contributed by atoms with Crippen LogP contribution in [0.2, 0.25) is 0 Å². The van der Waals surface area contributed by atoms with E-state index in [1.54, 1.807) is 14.0 Å². The third kappa shape index (κ3) is 7.83. The second-order valence-electron chi connectivity index (χ2n) is 9.53. The maximum absolute atomic E-state index is 12.2. The number of aliphatic imine (C=N–C) groups is 1. The minimum Gasteiger partial charge on any atom is -0.493 e. The van der Waals surface area contributed by atoms with Gasteiger partial charge in [-0.2, -0.15) is 0 Å². The van der Waals surface area contributed by atoms with Crippen molar-refractivity contribution in [1.29, 1.82) is 0 Å². The zero-order chi connectivity index (χ0) is 28.4. The van der Waals surface area contributed by atoms with Gasteiger partial charge in [0.15, 0.2) is 23.0 Å². The molecular weight excluding hydrogens is 554 g/mol. The molecule has 0 radical (unpaired) electrons. The molecule has 0 fully saturated rings.